The van der Waals surface area contributed by atoms with Crippen molar-refractivity contribution in [2.24, 2.45) is 0 Å². The van der Waals surface area contributed by atoms with Gasteiger partial charge in [0.15, 0.2) is 0 Å². The van der Waals surface area contributed by atoms with Crippen LogP contribution in [0.2, 0.25) is 0 Å². The first-order valence-electron chi connectivity index (χ1n) is 32.3. The Morgan fingerprint density at radius 3 is 0.806 bits per heavy atom. The molecule has 14 aromatic rings. The van der Waals surface area contributed by atoms with Crippen LogP contribution in [0.5, 0.6) is 0 Å². The van der Waals surface area contributed by atoms with Gasteiger partial charge in [-0.1, -0.05) is 219 Å². The predicted molar refractivity (Wildman–Crippen MR) is 387 cm³/mol. The van der Waals surface area contributed by atoms with Crippen LogP contribution in [-0.4, -0.2) is 0 Å². The van der Waals surface area contributed by atoms with Crippen molar-refractivity contribution < 1.29 is 26.3 Å². The minimum Gasteiger partial charge on any atom is -0.310 e. The van der Waals surface area contributed by atoms with E-state index in [0.29, 0.717) is 22.3 Å². The summed E-state index contributed by atoms with van der Waals surface area (Å²) in [5.74, 6) is -3.35. The second-order valence-corrected chi connectivity index (χ2v) is 24.8. The third-order valence-electron chi connectivity index (χ3n) is 19.6. The molecule has 0 spiro atoms. The smallest absolute Gasteiger partial charge is 0.130 e. The average Bonchev–Trinajstić information content (AvgIpc) is 1.52. The maximum absolute atomic E-state index is 17.0. The molecule has 0 radical (unpaired) electrons. The highest BCUT2D eigenvalue weighted by Crippen LogP contribution is 2.60. The molecule has 16 rings (SSSR count). The summed E-state index contributed by atoms with van der Waals surface area (Å²) >= 11 is 0. The third-order valence-corrected chi connectivity index (χ3v) is 19.6. The largest absolute Gasteiger partial charge is 0.310 e. The maximum atomic E-state index is 17.0. The molecule has 0 aromatic heterocycles. The Kier molecular flexibility index (Phi) is 15.2. The summed E-state index contributed by atoms with van der Waals surface area (Å²) in [6.45, 7) is 7.97. The Morgan fingerprint density at radius 1 is 0.245 bits per heavy atom. The van der Waals surface area contributed by atoms with Gasteiger partial charge in [-0.25, -0.2) is 26.3 Å². The number of hydrogen-bond donors (Lipinski definition) is 0. The highest BCUT2D eigenvalue weighted by molar-refractivity contribution is 5.93. The van der Waals surface area contributed by atoms with E-state index in [4.69, 9.17) is 0 Å². The molecule has 0 saturated heterocycles. The van der Waals surface area contributed by atoms with E-state index in [9.17, 15) is 8.78 Å². The van der Waals surface area contributed by atoms with Crippen LogP contribution in [0.3, 0.4) is 0 Å². The molecule has 0 heterocycles. The molecule has 0 bridgehead atoms. The van der Waals surface area contributed by atoms with Crippen molar-refractivity contribution in [1.82, 2.24) is 0 Å². The van der Waals surface area contributed by atoms with E-state index >= 15 is 17.6 Å². The monoisotopic (exact) mass is 1280 g/mol. The van der Waals surface area contributed by atoms with Crippen LogP contribution in [-0.2, 0) is 10.8 Å². The molecule has 0 N–H and O–H groups in total. The van der Waals surface area contributed by atoms with Gasteiger partial charge in [0, 0.05) is 45.3 Å². The molecule has 470 valence electrons. The van der Waals surface area contributed by atoms with Crippen molar-refractivity contribution >= 4 is 46.3 Å². The molecule has 2 nitrogen and oxygen atoms in total. The third kappa shape index (κ3) is 9.97. The first-order valence-corrected chi connectivity index (χ1v) is 32.3. The lowest BCUT2D eigenvalue weighted by atomic mass is 9.67. The molecule has 2 atom stereocenters. The summed E-state index contributed by atoms with van der Waals surface area (Å²) in [6, 6.07) is 96.9. The average molecular weight is 1280 g/mol. The summed E-state index contributed by atoms with van der Waals surface area (Å²) in [4.78, 5) is 4.27. The van der Waals surface area contributed by atoms with Gasteiger partial charge in [-0.05, 0) is 221 Å². The lowest BCUT2D eigenvalue weighted by molar-refractivity contribution is 0.526. The SMILES string of the molecule is C=Cc1ccc(C2(c3c(F)cccc3F)c3ccccc3-c3ccc(N(c4ccc(-c5ccc(F)cc5)cc4)c4ccc(-c5ccc(N(c6ccc(-c7ccc(F)cc7)cc6)c6ccc7c(c6)C(c6ccc(C=C)cc6)(c6c(F)cccc6F)c6ccccc6-7)cc5)cc4)cc32)cc1. The van der Waals surface area contributed by atoms with Crippen molar-refractivity contribution in [3.63, 3.8) is 0 Å². The quantitative estimate of drug-likeness (QED) is 0.0944. The van der Waals surface area contributed by atoms with E-state index in [0.717, 1.165) is 112 Å². The van der Waals surface area contributed by atoms with E-state index in [2.05, 4.69) is 83.6 Å². The fourth-order valence-corrected chi connectivity index (χ4v) is 15.1. The summed E-state index contributed by atoms with van der Waals surface area (Å²) in [5, 5.41) is 0. The minimum absolute atomic E-state index is 0.0781. The van der Waals surface area contributed by atoms with Crippen LogP contribution >= 0.6 is 0 Å². The molecule has 8 heteroatoms. The number of anilines is 6. The van der Waals surface area contributed by atoms with E-state index in [1.165, 1.54) is 60.7 Å². The van der Waals surface area contributed by atoms with Crippen LogP contribution in [0.25, 0.3) is 67.8 Å². The van der Waals surface area contributed by atoms with Crippen LogP contribution < -0.4 is 9.80 Å². The van der Waals surface area contributed by atoms with Crippen molar-refractivity contribution in [2.45, 2.75) is 10.8 Å². The molecule has 2 unspecified atom stereocenters. The standard InChI is InChI=1S/C90H58F6N2/c1-3-57-19-35-65(36-20-57)89(87-83(93)15-9-16-84(87)94)79-13-7-5-11-75(79)77-53-51-73(55-81(77)89)97(69-43-27-61(28-44-69)59-23-39-67(91)40-24-59)71-47-31-63(32-48-71)64-33-49-72(50-34-64)98(70-45-29-62(30-46-70)60-25-41-68(92)42-26-60)74-52-54-78-76-12-6-8-14-80(76)90(82(78)56-74,66-37-21-58(4-2)22-38-66)88-85(95)17-10-18-86(88)96/h3-56H,1-2H2. The fourth-order valence-electron chi connectivity index (χ4n) is 15.1. The summed E-state index contributed by atoms with van der Waals surface area (Å²) < 4.78 is 96.3. The first-order chi connectivity index (χ1) is 47.9. The topological polar surface area (TPSA) is 6.48 Å². The Hall–Kier alpha value is -12.3. The Morgan fingerprint density at radius 2 is 0.510 bits per heavy atom. The van der Waals surface area contributed by atoms with Crippen LogP contribution in [0.15, 0.2) is 329 Å². The van der Waals surface area contributed by atoms with E-state index in [1.54, 1.807) is 36.4 Å². The Balaban J connectivity index is 0.822. The zero-order chi connectivity index (χ0) is 66.8. The minimum atomic E-state index is -1.43. The number of halogens is 6. The molecule has 98 heavy (non-hydrogen) atoms. The second-order valence-electron chi connectivity index (χ2n) is 24.8. The first kappa shape index (κ1) is 60.7. The van der Waals surface area contributed by atoms with Gasteiger partial charge in [-0.2, -0.15) is 0 Å². The van der Waals surface area contributed by atoms with Gasteiger partial charge >= 0.3 is 0 Å². The zero-order valence-electron chi connectivity index (χ0n) is 52.8. The lowest BCUT2D eigenvalue weighted by Crippen LogP contribution is -2.31. The Labute approximate surface area is 564 Å². The number of hydrogen-bond acceptors (Lipinski definition) is 2. The summed E-state index contributed by atoms with van der Waals surface area (Å²) in [7, 11) is 0. The van der Waals surface area contributed by atoms with Crippen molar-refractivity contribution in [3.05, 3.63) is 419 Å². The number of rotatable bonds is 15. The second kappa shape index (κ2) is 24.5. The summed E-state index contributed by atoms with van der Waals surface area (Å²) in [6.07, 6.45) is 3.49. The highest BCUT2D eigenvalue weighted by Gasteiger charge is 2.51. The van der Waals surface area contributed by atoms with Crippen LogP contribution in [0, 0.1) is 34.9 Å². The van der Waals surface area contributed by atoms with E-state index in [1.807, 2.05) is 170 Å². The van der Waals surface area contributed by atoms with Gasteiger partial charge < -0.3 is 9.80 Å². The van der Waals surface area contributed by atoms with Crippen LogP contribution in [0.4, 0.5) is 60.5 Å². The molecule has 2 aliphatic rings. The van der Waals surface area contributed by atoms with Gasteiger partial charge in [-0.15, -0.1) is 0 Å². The molecule has 0 amide bonds. The van der Waals surface area contributed by atoms with Crippen molar-refractivity contribution in [3.8, 4) is 55.6 Å². The van der Waals surface area contributed by atoms with E-state index < -0.39 is 34.1 Å². The van der Waals surface area contributed by atoms with Crippen molar-refractivity contribution in [1.29, 1.82) is 0 Å². The van der Waals surface area contributed by atoms with Gasteiger partial charge in [0.25, 0.3) is 0 Å². The van der Waals surface area contributed by atoms with E-state index in [-0.39, 0.29) is 22.8 Å². The van der Waals surface area contributed by atoms with Gasteiger partial charge in [-0.3, -0.25) is 0 Å². The van der Waals surface area contributed by atoms with Gasteiger partial charge in [0.1, 0.15) is 34.9 Å². The highest BCUT2D eigenvalue weighted by atomic mass is 19.2. The normalized spacial score (nSPS) is 14.8. The number of benzene rings is 14. The van der Waals surface area contributed by atoms with Crippen molar-refractivity contribution in [2.75, 3.05) is 9.80 Å². The molecular formula is C90H58F6N2. The zero-order valence-corrected chi connectivity index (χ0v) is 52.8. The van der Waals surface area contributed by atoms with Gasteiger partial charge in [0.2, 0.25) is 0 Å². The maximum Gasteiger partial charge on any atom is 0.130 e. The van der Waals surface area contributed by atoms with Crippen LogP contribution in [0.1, 0.15) is 55.6 Å². The molecular weight excluding hydrogens is 1220 g/mol. The number of nitrogens with zero attached hydrogens (tertiary/aromatic N) is 2. The Bertz CT molecular complexity index is 5020. The molecule has 0 saturated carbocycles. The molecule has 0 aliphatic heterocycles. The number of fused-ring (bicyclic) bond motifs is 6. The fraction of sp³-hybridized carbons (Fsp3) is 0.0222. The molecule has 0 fully saturated rings. The lowest BCUT2D eigenvalue weighted by Gasteiger charge is -2.35. The summed E-state index contributed by atoms with van der Waals surface area (Å²) in [5.41, 5.74) is 16.3. The predicted octanol–water partition coefficient (Wildman–Crippen LogP) is 24.5. The molecule has 14 aromatic carbocycles. The molecule has 2 aliphatic carbocycles. The van der Waals surface area contributed by atoms with Gasteiger partial charge in [0.05, 0.1) is 10.8 Å².